The molecule has 2 N–H and O–H groups in total. The molecule has 0 aromatic heterocycles. The van der Waals surface area contributed by atoms with Gasteiger partial charge in [-0.15, -0.1) is 0 Å². The standard InChI is InChI=1S/C11H22N2O4S/c1-8-6-13(7-9(2)17-8)18(15,16)12-5-11(14)10-3-4-10/h8-12,14H,3-7H2,1-2H3/t8-,9+,11-/m1/s1. The second kappa shape index (κ2) is 5.42. The van der Waals surface area contributed by atoms with Crippen molar-refractivity contribution in [2.45, 2.75) is 45.0 Å². The molecule has 1 heterocycles. The third kappa shape index (κ3) is 3.64. The van der Waals surface area contributed by atoms with Crippen LogP contribution < -0.4 is 4.72 Å². The number of hydrogen-bond acceptors (Lipinski definition) is 4. The van der Waals surface area contributed by atoms with Crippen molar-refractivity contribution >= 4 is 10.2 Å². The van der Waals surface area contributed by atoms with E-state index < -0.39 is 16.3 Å². The van der Waals surface area contributed by atoms with Crippen LogP contribution in [0.25, 0.3) is 0 Å². The van der Waals surface area contributed by atoms with E-state index in [-0.39, 0.29) is 24.7 Å². The number of aliphatic hydroxyl groups excluding tert-OH is 1. The molecular weight excluding hydrogens is 256 g/mol. The monoisotopic (exact) mass is 278 g/mol. The predicted molar refractivity (Wildman–Crippen MR) is 67.2 cm³/mol. The van der Waals surface area contributed by atoms with Gasteiger partial charge in [-0.05, 0) is 32.6 Å². The van der Waals surface area contributed by atoms with Gasteiger partial charge in [0.2, 0.25) is 0 Å². The Bertz CT molecular complexity index is 373. The van der Waals surface area contributed by atoms with E-state index >= 15 is 0 Å². The molecule has 2 rings (SSSR count). The molecule has 2 fully saturated rings. The van der Waals surface area contributed by atoms with E-state index in [1.165, 1.54) is 4.31 Å². The lowest BCUT2D eigenvalue weighted by Gasteiger charge is -2.34. The summed E-state index contributed by atoms with van der Waals surface area (Å²) in [5, 5.41) is 9.68. The molecule has 6 nitrogen and oxygen atoms in total. The molecule has 0 aromatic carbocycles. The molecule has 2 aliphatic rings. The molecule has 1 aliphatic carbocycles. The van der Waals surface area contributed by atoms with Crippen LogP contribution in [0.3, 0.4) is 0 Å². The molecule has 1 saturated carbocycles. The zero-order chi connectivity index (χ0) is 13.3. The van der Waals surface area contributed by atoms with Crippen LogP contribution in [-0.2, 0) is 14.9 Å². The van der Waals surface area contributed by atoms with Crippen LogP contribution >= 0.6 is 0 Å². The highest BCUT2D eigenvalue weighted by Gasteiger charge is 2.34. The van der Waals surface area contributed by atoms with E-state index in [1.54, 1.807) is 0 Å². The average molecular weight is 278 g/mol. The number of hydrogen-bond donors (Lipinski definition) is 2. The Hall–Kier alpha value is -0.210. The first-order chi connectivity index (χ1) is 8.38. The van der Waals surface area contributed by atoms with E-state index in [2.05, 4.69) is 4.72 Å². The highest BCUT2D eigenvalue weighted by molar-refractivity contribution is 7.87. The van der Waals surface area contributed by atoms with Crippen LogP contribution in [0.5, 0.6) is 0 Å². The smallest absolute Gasteiger partial charge is 0.279 e. The van der Waals surface area contributed by atoms with Gasteiger partial charge in [0, 0.05) is 19.6 Å². The highest BCUT2D eigenvalue weighted by atomic mass is 32.2. The summed E-state index contributed by atoms with van der Waals surface area (Å²) < 4.78 is 33.5. The number of nitrogens with one attached hydrogen (secondary N) is 1. The zero-order valence-electron chi connectivity index (χ0n) is 10.9. The number of nitrogens with zero attached hydrogens (tertiary/aromatic N) is 1. The Morgan fingerprint density at radius 3 is 2.39 bits per heavy atom. The van der Waals surface area contributed by atoms with E-state index in [0.29, 0.717) is 13.1 Å². The van der Waals surface area contributed by atoms with Crippen LogP contribution in [0.1, 0.15) is 26.7 Å². The topological polar surface area (TPSA) is 78.9 Å². The summed E-state index contributed by atoms with van der Waals surface area (Å²) in [7, 11) is -3.51. The van der Waals surface area contributed by atoms with Crippen molar-refractivity contribution in [3.63, 3.8) is 0 Å². The predicted octanol–water partition coefficient (Wildman–Crippen LogP) is -0.299. The van der Waals surface area contributed by atoms with Gasteiger partial charge in [0.25, 0.3) is 10.2 Å². The molecule has 0 radical (unpaired) electrons. The van der Waals surface area contributed by atoms with Gasteiger partial charge < -0.3 is 9.84 Å². The Morgan fingerprint density at radius 2 is 1.89 bits per heavy atom. The van der Waals surface area contributed by atoms with Crippen molar-refractivity contribution in [2.24, 2.45) is 5.92 Å². The minimum Gasteiger partial charge on any atom is -0.391 e. The number of rotatable bonds is 5. The first kappa shape index (κ1) is 14.2. The zero-order valence-corrected chi connectivity index (χ0v) is 11.7. The van der Waals surface area contributed by atoms with Gasteiger partial charge in [0.15, 0.2) is 0 Å². The summed E-state index contributed by atoms with van der Waals surface area (Å²) in [5.41, 5.74) is 0. The summed E-state index contributed by atoms with van der Waals surface area (Å²) in [6, 6.07) is 0. The van der Waals surface area contributed by atoms with Crippen molar-refractivity contribution in [3.05, 3.63) is 0 Å². The molecule has 0 amide bonds. The van der Waals surface area contributed by atoms with Crippen LogP contribution in [0.2, 0.25) is 0 Å². The number of aliphatic hydroxyl groups is 1. The fourth-order valence-electron chi connectivity index (χ4n) is 2.26. The molecule has 18 heavy (non-hydrogen) atoms. The Balaban J connectivity index is 1.88. The maximum absolute atomic E-state index is 12.1. The fourth-order valence-corrected chi connectivity index (χ4v) is 3.63. The number of ether oxygens (including phenoxy) is 1. The quantitative estimate of drug-likeness (QED) is 0.724. The van der Waals surface area contributed by atoms with E-state index in [4.69, 9.17) is 4.74 Å². The van der Waals surface area contributed by atoms with Crippen molar-refractivity contribution in [1.29, 1.82) is 0 Å². The minimum atomic E-state index is -3.51. The lowest BCUT2D eigenvalue weighted by molar-refractivity contribution is -0.0444. The van der Waals surface area contributed by atoms with Crippen LogP contribution in [0, 0.1) is 5.92 Å². The summed E-state index contributed by atoms with van der Waals surface area (Å²) in [4.78, 5) is 0. The van der Waals surface area contributed by atoms with Gasteiger partial charge >= 0.3 is 0 Å². The molecule has 1 saturated heterocycles. The molecule has 106 valence electrons. The maximum atomic E-state index is 12.1. The van der Waals surface area contributed by atoms with Crippen molar-refractivity contribution in [3.8, 4) is 0 Å². The molecule has 1 aliphatic heterocycles. The SMILES string of the molecule is C[C@@H]1CN(S(=O)(=O)NC[C@@H](O)C2CC2)C[C@H](C)O1. The van der Waals surface area contributed by atoms with Gasteiger partial charge in [0.1, 0.15) is 0 Å². The summed E-state index contributed by atoms with van der Waals surface area (Å²) >= 11 is 0. The van der Waals surface area contributed by atoms with E-state index in [9.17, 15) is 13.5 Å². The summed E-state index contributed by atoms with van der Waals surface area (Å²) in [6.07, 6.45) is 1.23. The van der Waals surface area contributed by atoms with Gasteiger partial charge in [0.05, 0.1) is 18.3 Å². The van der Waals surface area contributed by atoms with Crippen molar-refractivity contribution < 1.29 is 18.3 Å². The second-order valence-electron chi connectivity index (χ2n) is 5.33. The lowest BCUT2D eigenvalue weighted by Crippen LogP contribution is -2.52. The second-order valence-corrected chi connectivity index (χ2v) is 7.09. The maximum Gasteiger partial charge on any atom is 0.279 e. The summed E-state index contributed by atoms with van der Waals surface area (Å²) in [5.74, 6) is 0.273. The van der Waals surface area contributed by atoms with Gasteiger partial charge in [-0.3, -0.25) is 0 Å². The van der Waals surface area contributed by atoms with Gasteiger partial charge in [-0.1, -0.05) is 0 Å². The van der Waals surface area contributed by atoms with Crippen LogP contribution in [0.15, 0.2) is 0 Å². The Labute approximate surface area is 108 Å². The molecular formula is C11H22N2O4S. The summed E-state index contributed by atoms with van der Waals surface area (Å²) in [6.45, 7) is 4.54. The highest BCUT2D eigenvalue weighted by Crippen LogP contribution is 2.32. The van der Waals surface area contributed by atoms with E-state index in [0.717, 1.165) is 12.8 Å². The largest absolute Gasteiger partial charge is 0.391 e. The molecule has 0 unspecified atom stereocenters. The molecule has 7 heteroatoms. The molecule has 0 bridgehead atoms. The molecule has 0 spiro atoms. The fraction of sp³-hybridized carbons (Fsp3) is 1.00. The van der Waals surface area contributed by atoms with Crippen LogP contribution in [0.4, 0.5) is 0 Å². The van der Waals surface area contributed by atoms with Crippen LogP contribution in [-0.4, -0.2) is 55.8 Å². The molecule has 3 atom stereocenters. The lowest BCUT2D eigenvalue weighted by atomic mass is 10.2. The Kier molecular flexibility index (Phi) is 4.28. The Morgan fingerprint density at radius 1 is 1.33 bits per heavy atom. The van der Waals surface area contributed by atoms with Crippen molar-refractivity contribution in [2.75, 3.05) is 19.6 Å². The molecule has 0 aromatic rings. The van der Waals surface area contributed by atoms with E-state index in [1.807, 2.05) is 13.8 Å². The average Bonchev–Trinajstić information content (AvgIpc) is 3.08. The third-order valence-corrected chi connectivity index (χ3v) is 4.88. The third-order valence-electron chi connectivity index (χ3n) is 3.37. The van der Waals surface area contributed by atoms with Gasteiger partial charge in [-0.2, -0.15) is 17.4 Å². The first-order valence-corrected chi connectivity index (χ1v) is 7.90. The number of morpholine rings is 1. The van der Waals surface area contributed by atoms with Gasteiger partial charge in [-0.25, -0.2) is 0 Å². The van der Waals surface area contributed by atoms with Crippen molar-refractivity contribution in [1.82, 2.24) is 9.03 Å². The normalized spacial score (nSPS) is 32.4. The first-order valence-electron chi connectivity index (χ1n) is 6.46. The minimum absolute atomic E-state index is 0.0984.